The number of hydrogen-bond acceptors (Lipinski definition) is 8. The van der Waals surface area contributed by atoms with Crippen LogP contribution in [0.15, 0.2) is 17.8 Å². The number of aromatic nitrogens is 2. The average molecular weight is 514 g/mol. The summed E-state index contributed by atoms with van der Waals surface area (Å²) >= 11 is 19.0. The molecule has 2 amide bonds. The van der Waals surface area contributed by atoms with Crippen LogP contribution in [-0.2, 0) is 4.74 Å². The fourth-order valence-electron chi connectivity index (χ4n) is 2.68. The van der Waals surface area contributed by atoms with Gasteiger partial charge in [-0.15, -0.1) is 11.3 Å². The van der Waals surface area contributed by atoms with Gasteiger partial charge in [-0.25, -0.2) is 14.8 Å². The maximum absolute atomic E-state index is 13.0. The lowest BCUT2D eigenvalue weighted by atomic mass is 10.2. The van der Waals surface area contributed by atoms with Gasteiger partial charge in [0, 0.05) is 5.38 Å². The quantitative estimate of drug-likeness (QED) is 0.407. The minimum atomic E-state index is -0.691. The molecule has 0 bridgehead atoms. The summed E-state index contributed by atoms with van der Waals surface area (Å²) < 4.78 is 10.6. The van der Waals surface area contributed by atoms with Crippen molar-refractivity contribution in [3.63, 3.8) is 0 Å². The minimum Gasteiger partial charge on any atom is -0.495 e. The standard InChI is InChI=1S/C19H17Cl2N5O4S2/c1-4-30-19(28)26-18(31)25-16-15-13(22-7-23-16)9(6-32-15)17(27)24-14-11(20)8(2)5-10(29-3)12(14)21/h5-7H,4H2,1-3H3,(H,24,27)(H2,22,23,25,26,28,31). The van der Waals surface area contributed by atoms with Gasteiger partial charge in [0.05, 0.1) is 40.2 Å². The molecule has 0 saturated heterocycles. The number of amides is 2. The molecular formula is C19H17Cl2N5O4S2. The van der Waals surface area contributed by atoms with Gasteiger partial charge in [0.25, 0.3) is 5.91 Å². The Morgan fingerprint density at radius 3 is 2.66 bits per heavy atom. The molecule has 168 valence electrons. The Labute approximate surface area is 202 Å². The zero-order valence-electron chi connectivity index (χ0n) is 17.0. The van der Waals surface area contributed by atoms with Crippen molar-refractivity contribution in [3.8, 4) is 5.75 Å². The van der Waals surface area contributed by atoms with Crippen LogP contribution in [-0.4, -0.2) is 40.8 Å². The number of aryl methyl sites for hydroxylation is 1. The highest BCUT2D eigenvalue weighted by Gasteiger charge is 2.21. The highest BCUT2D eigenvalue weighted by atomic mass is 35.5. The molecule has 0 spiro atoms. The smallest absolute Gasteiger partial charge is 0.413 e. The van der Waals surface area contributed by atoms with E-state index in [1.165, 1.54) is 24.8 Å². The second-order valence-electron chi connectivity index (χ2n) is 6.20. The number of benzene rings is 1. The summed E-state index contributed by atoms with van der Waals surface area (Å²) in [4.78, 5) is 32.9. The molecule has 1 aromatic carbocycles. The van der Waals surface area contributed by atoms with Crippen LogP contribution in [0.2, 0.25) is 10.0 Å². The molecule has 2 aromatic heterocycles. The van der Waals surface area contributed by atoms with Crippen LogP contribution in [0, 0.1) is 6.92 Å². The molecule has 0 unspecified atom stereocenters. The number of thiophene rings is 1. The fraction of sp³-hybridized carbons (Fsp3) is 0.211. The van der Waals surface area contributed by atoms with Gasteiger partial charge in [0.15, 0.2) is 10.9 Å². The molecule has 0 saturated carbocycles. The summed E-state index contributed by atoms with van der Waals surface area (Å²) in [7, 11) is 1.47. The van der Waals surface area contributed by atoms with E-state index in [0.717, 1.165) is 0 Å². The number of fused-ring (bicyclic) bond motifs is 1. The van der Waals surface area contributed by atoms with Gasteiger partial charge in [-0.3, -0.25) is 10.1 Å². The number of nitrogens with one attached hydrogen (secondary N) is 3. The van der Waals surface area contributed by atoms with E-state index >= 15 is 0 Å². The monoisotopic (exact) mass is 513 g/mol. The number of nitrogens with zero attached hydrogens (tertiary/aromatic N) is 2. The molecular weight excluding hydrogens is 497 g/mol. The Morgan fingerprint density at radius 2 is 1.97 bits per heavy atom. The van der Waals surface area contributed by atoms with Crippen LogP contribution in [0.5, 0.6) is 5.75 Å². The van der Waals surface area contributed by atoms with E-state index in [0.29, 0.717) is 32.4 Å². The molecule has 32 heavy (non-hydrogen) atoms. The Balaban J connectivity index is 1.88. The lowest BCUT2D eigenvalue weighted by Crippen LogP contribution is -2.34. The summed E-state index contributed by atoms with van der Waals surface area (Å²) in [5, 5.41) is 10.0. The number of ether oxygens (including phenoxy) is 2. The SMILES string of the molecule is CCOC(=O)NC(=S)Nc1ncnc2c(C(=O)Nc3c(Cl)c(C)cc(OC)c3Cl)csc12. The van der Waals surface area contributed by atoms with Crippen molar-refractivity contribution in [2.45, 2.75) is 13.8 Å². The maximum atomic E-state index is 13.0. The Hall–Kier alpha value is -2.73. The van der Waals surface area contributed by atoms with E-state index in [4.69, 9.17) is 44.9 Å². The van der Waals surface area contributed by atoms with E-state index in [9.17, 15) is 9.59 Å². The number of carbonyl (C=O) groups excluding carboxylic acids is 2. The highest BCUT2D eigenvalue weighted by molar-refractivity contribution is 7.80. The molecule has 13 heteroatoms. The number of methoxy groups -OCH3 is 1. The van der Waals surface area contributed by atoms with Gasteiger partial charge in [-0.2, -0.15) is 0 Å². The van der Waals surface area contributed by atoms with E-state index < -0.39 is 12.0 Å². The number of halogens is 2. The first kappa shape index (κ1) is 23.9. The Morgan fingerprint density at radius 1 is 1.22 bits per heavy atom. The zero-order valence-corrected chi connectivity index (χ0v) is 20.2. The average Bonchev–Trinajstić information content (AvgIpc) is 3.19. The number of rotatable bonds is 5. The van der Waals surface area contributed by atoms with Crippen molar-refractivity contribution >= 4 is 85.6 Å². The first-order valence-corrected chi connectivity index (χ1v) is 11.1. The van der Waals surface area contributed by atoms with Crippen LogP contribution in [0.25, 0.3) is 10.2 Å². The van der Waals surface area contributed by atoms with Gasteiger partial charge in [-0.1, -0.05) is 23.2 Å². The van der Waals surface area contributed by atoms with Crippen LogP contribution >= 0.6 is 46.8 Å². The van der Waals surface area contributed by atoms with Crippen molar-refractivity contribution in [1.29, 1.82) is 0 Å². The predicted octanol–water partition coefficient (Wildman–Crippen LogP) is 5.01. The van der Waals surface area contributed by atoms with Gasteiger partial charge >= 0.3 is 6.09 Å². The number of anilines is 2. The minimum absolute atomic E-state index is 0.00623. The molecule has 0 fully saturated rings. The highest BCUT2D eigenvalue weighted by Crippen LogP contribution is 2.40. The number of carbonyl (C=O) groups is 2. The van der Waals surface area contributed by atoms with Crippen molar-refractivity contribution < 1.29 is 19.1 Å². The maximum Gasteiger partial charge on any atom is 0.413 e. The van der Waals surface area contributed by atoms with Gasteiger partial charge in [0.1, 0.15) is 17.1 Å². The summed E-state index contributed by atoms with van der Waals surface area (Å²) in [5.74, 6) is 0.245. The van der Waals surface area contributed by atoms with Crippen molar-refractivity contribution in [3.05, 3.63) is 38.9 Å². The molecule has 2 heterocycles. The first-order valence-electron chi connectivity index (χ1n) is 9.07. The summed E-state index contributed by atoms with van der Waals surface area (Å²) in [6.45, 7) is 3.65. The van der Waals surface area contributed by atoms with Crippen molar-refractivity contribution in [2.24, 2.45) is 0 Å². The van der Waals surface area contributed by atoms with Gasteiger partial charge < -0.3 is 20.1 Å². The number of thiocarbonyl (C=S) groups is 1. The second-order valence-corrected chi connectivity index (χ2v) is 8.25. The molecule has 0 radical (unpaired) electrons. The fourth-order valence-corrected chi connectivity index (χ4v) is 4.32. The summed E-state index contributed by atoms with van der Waals surface area (Å²) in [5.41, 5.74) is 1.60. The molecule has 9 nitrogen and oxygen atoms in total. The molecule has 0 aliphatic carbocycles. The number of hydrogen-bond donors (Lipinski definition) is 3. The topological polar surface area (TPSA) is 114 Å². The summed E-state index contributed by atoms with van der Waals surface area (Å²) in [6.07, 6.45) is 0.584. The second kappa shape index (κ2) is 10.3. The van der Waals surface area contributed by atoms with Crippen molar-refractivity contribution in [1.82, 2.24) is 15.3 Å². The number of alkyl carbamates (subject to hydrolysis) is 1. The third-order valence-corrected chi connectivity index (χ3v) is 6.17. The van der Waals surface area contributed by atoms with Crippen LogP contribution in [0.3, 0.4) is 0 Å². The lowest BCUT2D eigenvalue weighted by molar-refractivity contribution is 0.102. The van der Waals surface area contributed by atoms with Crippen molar-refractivity contribution in [2.75, 3.05) is 24.4 Å². The van der Waals surface area contributed by atoms with E-state index in [1.54, 1.807) is 25.3 Å². The molecule has 3 rings (SSSR count). The molecule has 0 atom stereocenters. The Kier molecular flexibility index (Phi) is 7.67. The van der Waals surface area contributed by atoms with E-state index in [2.05, 4.69) is 25.9 Å². The van der Waals surface area contributed by atoms with Crippen LogP contribution < -0.4 is 20.7 Å². The largest absolute Gasteiger partial charge is 0.495 e. The third kappa shape index (κ3) is 5.01. The molecule has 3 N–H and O–H groups in total. The lowest BCUT2D eigenvalue weighted by Gasteiger charge is -2.14. The van der Waals surface area contributed by atoms with Crippen LogP contribution in [0.1, 0.15) is 22.8 Å². The molecule has 0 aliphatic rings. The first-order chi connectivity index (χ1) is 15.3. The van der Waals surface area contributed by atoms with E-state index in [1.807, 2.05) is 0 Å². The molecule has 0 aliphatic heterocycles. The van der Waals surface area contributed by atoms with Gasteiger partial charge in [-0.05, 0) is 37.7 Å². The van der Waals surface area contributed by atoms with Crippen LogP contribution in [0.4, 0.5) is 16.3 Å². The summed E-state index contributed by atoms with van der Waals surface area (Å²) in [6, 6.07) is 1.68. The van der Waals surface area contributed by atoms with E-state index in [-0.39, 0.29) is 28.0 Å². The zero-order chi connectivity index (χ0) is 23.4. The third-order valence-electron chi connectivity index (χ3n) is 4.13. The Bertz CT molecular complexity index is 1220. The van der Waals surface area contributed by atoms with Gasteiger partial charge in [0.2, 0.25) is 0 Å². The normalized spacial score (nSPS) is 10.5. The predicted molar refractivity (Wildman–Crippen MR) is 129 cm³/mol. The molecule has 3 aromatic rings.